The number of carbonyl (C=O) groups is 1. The minimum Gasteiger partial charge on any atom is -0.478 e. The van der Waals surface area contributed by atoms with E-state index in [-0.39, 0.29) is 11.7 Å². The lowest BCUT2D eigenvalue weighted by Gasteiger charge is -2.14. The number of carboxylic acids is 1. The summed E-state index contributed by atoms with van der Waals surface area (Å²) in [6.07, 6.45) is 9.45. The van der Waals surface area contributed by atoms with Gasteiger partial charge in [0.05, 0.1) is 24.4 Å². The Balaban J connectivity index is 1.81. The van der Waals surface area contributed by atoms with Crippen LogP contribution in [0.15, 0.2) is 34.4 Å². The van der Waals surface area contributed by atoms with Gasteiger partial charge in [-0.15, -0.1) is 0 Å². The Bertz CT molecular complexity index is 613. The first-order chi connectivity index (χ1) is 11.4. The molecule has 2 heterocycles. The first-order valence-electron chi connectivity index (χ1n) is 8.96. The second-order valence-electron chi connectivity index (χ2n) is 7.58. The van der Waals surface area contributed by atoms with Crippen molar-refractivity contribution in [2.45, 2.75) is 77.1 Å². The monoisotopic (exact) mass is 332 g/mol. The molecule has 3 unspecified atom stereocenters. The van der Waals surface area contributed by atoms with Gasteiger partial charge < -0.3 is 14.6 Å². The Labute approximate surface area is 144 Å². The Hall–Kier alpha value is -1.39. The standard InChI is InChI=1S/C20H28O4/c1-13-6-9-18-20(3,24-18)10-4-5-15(19(21)22)7-8-16-14(2)12-23-17(16)11-13/h5,11,17-18H,4,6-10,12H2,1-3H3,(H,21,22). The van der Waals surface area contributed by atoms with Crippen LogP contribution in [0.3, 0.4) is 0 Å². The summed E-state index contributed by atoms with van der Waals surface area (Å²) in [5.74, 6) is -0.805. The lowest BCUT2D eigenvalue weighted by molar-refractivity contribution is -0.132. The van der Waals surface area contributed by atoms with Crippen LogP contribution in [0.5, 0.6) is 0 Å². The molecule has 3 atom stereocenters. The van der Waals surface area contributed by atoms with Gasteiger partial charge in [-0.2, -0.15) is 0 Å². The van der Waals surface area contributed by atoms with Crippen molar-refractivity contribution in [3.63, 3.8) is 0 Å². The largest absolute Gasteiger partial charge is 0.478 e. The molecule has 1 N–H and O–H groups in total. The maximum absolute atomic E-state index is 11.5. The topological polar surface area (TPSA) is 59.1 Å². The molecule has 0 aromatic rings. The highest BCUT2D eigenvalue weighted by molar-refractivity contribution is 5.86. The van der Waals surface area contributed by atoms with Crippen molar-refractivity contribution in [2.75, 3.05) is 6.61 Å². The van der Waals surface area contributed by atoms with Gasteiger partial charge in [0.2, 0.25) is 0 Å². The van der Waals surface area contributed by atoms with Crippen LogP contribution < -0.4 is 0 Å². The summed E-state index contributed by atoms with van der Waals surface area (Å²) in [6, 6.07) is 0. The van der Waals surface area contributed by atoms with Crippen molar-refractivity contribution >= 4 is 5.97 Å². The second-order valence-corrected chi connectivity index (χ2v) is 7.58. The molecule has 0 bridgehead atoms. The zero-order chi connectivity index (χ0) is 17.3. The lowest BCUT2D eigenvalue weighted by Crippen LogP contribution is -2.12. The van der Waals surface area contributed by atoms with E-state index in [0.29, 0.717) is 24.7 Å². The van der Waals surface area contributed by atoms with Crippen LogP contribution >= 0.6 is 0 Å². The highest BCUT2D eigenvalue weighted by atomic mass is 16.6. The number of epoxide rings is 1. The van der Waals surface area contributed by atoms with Gasteiger partial charge in [0.25, 0.3) is 0 Å². The molecule has 4 nitrogen and oxygen atoms in total. The number of allylic oxidation sites excluding steroid dienone is 2. The molecule has 3 aliphatic rings. The van der Waals surface area contributed by atoms with Crippen molar-refractivity contribution in [3.05, 3.63) is 34.4 Å². The van der Waals surface area contributed by atoms with Gasteiger partial charge in [0, 0.05) is 5.57 Å². The van der Waals surface area contributed by atoms with E-state index in [0.717, 1.165) is 32.1 Å². The summed E-state index contributed by atoms with van der Waals surface area (Å²) in [6.45, 7) is 7.04. The van der Waals surface area contributed by atoms with Crippen molar-refractivity contribution < 1.29 is 19.4 Å². The molecule has 4 heteroatoms. The van der Waals surface area contributed by atoms with Crippen molar-refractivity contribution in [1.29, 1.82) is 0 Å². The quantitative estimate of drug-likeness (QED) is 0.578. The van der Waals surface area contributed by atoms with Gasteiger partial charge in [0.15, 0.2) is 0 Å². The summed E-state index contributed by atoms with van der Waals surface area (Å²) < 4.78 is 11.8. The van der Waals surface area contributed by atoms with E-state index in [1.807, 2.05) is 6.08 Å². The number of hydrogen-bond donors (Lipinski definition) is 1. The van der Waals surface area contributed by atoms with Gasteiger partial charge in [-0.1, -0.05) is 17.7 Å². The van der Waals surface area contributed by atoms with Gasteiger partial charge >= 0.3 is 5.97 Å². The molecule has 1 aliphatic carbocycles. The fourth-order valence-electron chi connectivity index (χ4n) is 3.83. The first-order valence-corrected chi connectivity index (χ1v) is 8.96. The fraction of sp³-hybridized carbons (Fsp3) is 0.650. The summed E-state index contributed by atoms with van der Waals surface area (Å²) in [5.41, 5.74) is 4.27. The Morgan fingerprint density at radius 3 is 2.83 bits per heavy atom. The van der Waals surface area contributed by atoms with E-state index >= 15 is 0 Å². The first kappa shape index (κ1) is 17.4. The number of carboxylic acid groups (broad SMARTS) is 1. The normalized spacial score (nSPS) is 34.6. The van der Waals surface area contributed by atoms with Crippen molar-refractivity contribution in [2.24, 2.45) is 0 Å². The smallest absolute Gasteiger partial charge is 0.331 e. The number of ether oxygens (including phenoxy) is 2. The molecule has 0 saturated carbocycles. The van der Waals surface area contributed by atoms with Crippen LogP contribution in [-0.4, -0.2) is 35.5 Å². The molecular formula is C20H28O4. The molecule has 1 saturated heterocycles. The highest BCUT2D eigenvalue weighted by Gasteiger charge is 2.50. The van der Waals surface area contributed by atoms with Crippen LogP contribution in [0.4, 0.5) is 0 Å². The molecule has 0 amide bonds. The minimum atomic E-state index is -0.805. The zero-order valence-corrected chi connectivity index (χ0v) is 14.9. The molecule has 3 rings (SSSR count). The molecule has 0 aromatic heterocycles. The molecule has 0 aromatic carbocycles. The zero-order valence-electron chi connectivity index (χ0n) is 14.9. The molecular weight excluding hydrogens is 304 g/mol. The third-order valence-electron chi connectivity index (χ3n) is 5.61. The highest BCUT2D eigenvalue weighted by Crippen LogP contribution is 2.44. The molecule has 1 fully saturated rings. The number of rotatable bonds is 1. The van der Waals surface area contributed by atoms with E-state index in [4.69, 9.17) is 9.47 Å². The minimum absolute atomic E-state index is 0.00879. The van der Waals surface area contributed by atoms with Crippen LogP contribution in [0.25, 0.3) is 0 Å². The average molecular weight is 332 g/mol. The molecule has 2 aliphatic heterocycles. The Morgan fingerprint density at radius 1 is 1.29 bits per heavy atom. The molecule has 24 heavy (non-hydrogen) atoms. The number of fused-ring (bicyclic) bond motifs is 2. The summed E-state index contributed by atoms with van der Waals surface area (Å²) in [4.78, 5) is 11.5. The number of aliphatic carboxylic acids is 1. The number of hydrogen-bond acceptors (Lipinski definition) is 3. The van der Waals surface area contributed by atoms with Gasteiger partial charge in [-0.05, 0) is 70.4 Å². The summed E-state index contributed by atoms with van der Waals surface area (Å²) in [7, 11) is 0. The summed E-state index contributed by atoms with van der Waals surface area (Å²) >= 11 is 0. The van der Waals surface area contributed by atoms with E-state index in [1.54, 1.807) is 0 Å². The van der Waals surface area contributed by atoms with Crippen LogP contribution in [0.1, 0.15) is 59.3 Å². The summed E-state index contributed by atoms with van der Waals surface area (Å²) in [5, 5.41) is 9.47. The van der Waals surface area contributed by atoms with E-state index < -0.39 is 5.97 Å². The van der Waals surface area contributed by atoms with Crippen molar-refractivity contribution in [1.82, 2.24) is 0 Å². The fourth-order valence-corrected chi connectivity index (χ4v) is 3.83. The third-order valence-corrected chi connectivity index (χ3v) is 5.61. The average Bonchev–Trinajstić information content (AvgIpc) is 3.05. The Kier molecular flexibility index (Phi) is 4.97. The Morgan fingerprint density at radius 2 is 2.08 bits per heavy atom. The van der Waals surface area contributed by atoms with Crippen LogP contribution in [0.2, 0.25) is 0 Å². The molecule has 0 radical (unpaired) electrons. The maximum Gasteiger partial charge on any atom is 0.331 e. The van der Waals surface area contributed by atoms with Crippen LogP contribution in [0, 0.1) is 0 Å². The van der Waals surface area contributed by atoms with E-state index in [2.05, 4.69) is 26.8 Å². The second kappa shape index (κ2) is 6.85. The predicted molar refractivity (Wildman–Crippen MR) is 92.9 cm³/mol. The SMILES string of the molecule is CC1=CC2OCC(C)=C2CCC(C(=O)O)=CCCC2(C)OC2CC1. The molecule has 132 valence electrons. The van der Waals surface area contributed by atoms with Gasteiger partial charge in [-0.3, -0.25) is 0 Å². The third kappa shape index (κ3) is 3.81. The van der Waals surface area contributed by atoms with Gasteiger partial charge in [0.1, 0.15) is 0 Å². The maximum atomic E-state index is 11.5. The van der Waals surface area contributed by atoms with Gasteiger partial charge in [-0.25, -0.2) is 4.79 Å². The van der Waals surface area contributed by atoms with E-state index in [1.165, 1.54) is 16.7 Å². The molecule has 0 spiro atoms. The van der Waals surface area contributed by atoms with E-state index in [9.17, 15) is 9.90 Å². The predicted octanol–water partition coefficient (Wildman–Crippen LogP) is 4.17. The van der Waals surface area contributed by atoms with Crippen molar-refractivity contribution in [3.8, 4) is 0 Å². The van der Waals surface area contributed by atoms with Crippen LogP contribution in [-0.2, 0) is 14.3 Å². The lowest BCUT2D eigenvalue weighted by atomic mass is 9.92.